The van der Waals surface area contributed by atoms with Crippen LogP contribution in [0.1, 0.15) is 28.5 Å². The van der Waals surface area contributed by atoms with Gasteiger partial charge in [-0.3, -0.25) is 0 Å². The fraction of sp³-hybridized carbons (Fsp3) is 0.308. The van der Waals surface area contributed by atoms with E-state index in [1.54, 1.807) is 17.4 Å². The summed E-state index contributed by atoms with van der Waals surface area (Å²) in [5.74, 6) is 0. The molecule has 1 heterocycles. The number of thiazole rings is 1. The summed E-state index contributed by atoms with van der Waals surface area (Å²) >= 11 is 13.6. The minimum Gasteiger partial charge on any atom is -0.377 e. The molecule has 2 aromatic rings. The Kier molecular flexibility index (Phi) is 4.15. The summed E-state index contributed by atoms with van der Waals surface area (Å²) in [6, 6.07) is 5.68. The number of nitrogens with zero attached hydrogens (tertiary/aromatic N) is 1. The Morgan fingerprint density at radius 1 is 1.22 bits per heavy atom. The second kappa shape index (κ2) is 5.47. The molecule has 18 heavy (non-hydrogen) atoms. The van der Waals surface area contributed by atoms with Crippen molar-refractivity contribution < 1.29 is 0 Å². The average molecular weight is 301 g/mol. The van der Waals surface area contributed by atoms with Crippen LogP contribution in [-0.4, -0.2) is 4.98 Å². The Morgan fingerprint density at radius 2 is 1.94 bits per heavy atom. The van der Waals surface area contributed by atoms with Gasteiger partial charge in [-0.15, -0.1) is 11.3 Å². The molecular formula is C13H14Cl2N2S. The Bertz CT molecular complexity index is 566. The van der Waals surface area contributed by atoms with E-state index < -0.39 is 0 Å². The molecule has 1 atom stereocenters. The van der Waals surface area contributed by atoms with Gasteiger partial charge in [0.1, 0.15) is 0 Å². The van der Waals surface area contributed by atoms with Crippen molar-refractivity contribution in [1.82, 2.24) is 4.98 Å². The molecule has 0 amide bonds. The van der Waals surface area contributed by atoms with Gasteiger partial charge in [-0.2, -0.15) is 0 Å². The highest BCUT2D eigenvalue weighted by atomic mass is 35.5. The van der Waals surface area contributed by atoms with Crippen molar-refractivity contribution in [3.63, 3.8) is 0 Å². The molecule has 0 fully saturated rings. The second-order valence-corrected chi connectivity index (χ2v) is 6.39. The van der Waals surface area contributed by atoms with Crippen LogP contribution in [0, 0.1) is 13.8 Å². The lowest BCUT2D eigenvalue weighted by Crippen LogP contribution is -2.08. The first-order valence-corrected chi connectivity index (χ1v) is 7.20. The Morgan fingerprint density at radius 3 is 2.50 bits per heavy atom. The molecule has 96 valence electrons. The lowest BCUT2D eigenvalue weighted by Gasteiger charge is -2.14. The molecular weight excluding hydrogens is 287 g/mol. The van der Waals surface area contributed by atoms with Gasteiger partial charge in [0.2, 0.25) is 0 Å². The van der Waals surface area contributed by atoms with Gasteiger partial charge in [0.25, 0.3) is 0 Å². The molecule has 0 saturated carbocycles. The Hall–Kier alpha value is -0.770. The first-order chi connectivity index (χ1) is 8.47. The highest BCUT2D eigenvalue weighted by molar-refractivity contribution is 7.11. The molecule has 0 saturated heterocycles. The summed E-state index contributed by atoms with van der Waals surface area (Å²) < 4.78 is 0. The highest BCUT2D eigenvalue weighted by Crippen LogP contribution is 2.29. The van der Waals surface area contributed by atoms with E-state index in [0.717, 1.165) is 16.4 Å². The molecule has 1 aromatic carbocycles. The highest BCUT2D eigenvalue weighted by Gasteiger charge is 2.13. The fourth-order valence-electron chi connectivity index (χ4n) is 1.85. The maximum Gasteiger partial charge on any atom is 0.0901 e. The van der Waals surface area contributed by atoms with E-state index in [4.69, 9.17) is 23.2 Å². The van der Waals surface area contributed by atoms with Crippen molar-refractivity contribution in [2.75, 3.05) is 5.32 Å². The standard InChI is InChI=1S/C13H14Cl2N2S/c1-7(13-8(2)18-9(3)17-13)16-10-4-5-11(14)12(15)6-10/h4-7,16H,1-3H3. The predicted molar refractivity (Wildman–Crippen MR) is 80.1 cm³/mol. The molecule has 0 bridgehead atoms. The van der Waals surface area contributed by atoms with Gasteiger partial charge in [0.05, 0.1) is 26.8 Å². The molecule has 1 aromatic heterocycles. The number of hydrogen-bond donors (Lipinski definition) is 1. The van der Waals surface area contributed by atoms with Crippen LogP contribution in [0.4, 0.5) is 5.69 Å². The van der Waals surface area contributed by atoms with Gasteiger partial charge >= 0.3 is 0 Å². The number of aryl methyl sites for hydroxylation is 2. The smallest absolute Gasteiger partial charge is 0.0901 e. The third kappa shape index (κ3) is 2.97. The summed E-state index contributed by atoms with van der Waals surface area (Å²) in [7, 11) is 0. The number of benzene rings is 1. The monoisotopic (exact) mass is 300 g/mol. The van der Waals surface area contributed by atoms with Gasteiger partial charge in [-0.05, 0) is 39.0 Å². The molecule has 1 unspecified atom stereocenters. The van der Waals surface area contributed by atoms with E-state index in [1.165, 1.54) is 4.88 Å². The van der Waals surface area contributed by atoms with E-state index in [1.807, 2.05) is 19.1 Å². The van der Waals surface area contributed by atoms with Crippen LogP contribution in [0.2, 0.25) is 10.0 Å². The van der Waals surface area contributed by atoms with Crippen molar-refractivity contribution in [1.29, 1.82) is 0 Å². The lowest BCUT2D eigenvalue weighted by molar-refractivity contribution is 0.837. The van der Waals surface area contributed by atoms with Crippen molar-refractivity contribution in [3.05, 3.63) is 43.8 Å². The summed E-state index contributed by atoms with van der Waals surface area (Å²) in [6.45, 7) is 6.20. The van der Waals surface area contributed by atoms with E-state index in [9.17, 15) is 0 Å². The normalized spacial score (nSPS) is 12.5. The second-order valence-electron chi connectivity index (χ2n) is 4.17. The number of hydrogen-bond acceptors (Lipinski definition) is 3. The molecule has 1 N–H and O–H groups in total. The van der Waals surface area contributed by atoms with Crippen molar-refractivity contribution in [3.8, 4) is 0 Å². The van der Waals surface area contributed by atoms with E-state index in [0.29, 0.717) is 10.0 Å². The summed E-state index contributed by atoms with van der Waals surface area (Å²) in [5.41, 5.74) is 2.03. The number of halogens is 2. The molecule has 5 heteroatoms. The van der Waals surface area contributed by atoms with Crippen LogP contribution in [0.15, 0.2) is 18.2 Å². The van der Waals surface area contributed by atoms with Gasteiger partial charge < -0.3 is 5.32 Å². The van der Waals surface area contributed by atoms with Gasteiger partial charge in [-0.25, -0.2) is 4.98 Å². The number of anilines is 1. The van der Waals surface area contributed by atoms with Gasteiger partial charge in [0.15, 0.2) is 0 Å². The summed E-state index contributed by atoms with van der Waals surface area (Å²) in [6.07, 6.45) is 0. The molecule has 2 nitrogen and oxygen atoms in total. The van der Waals surface area contributed by atoms with E-state index in [2.05, 4.69) is 24.1 Å². The summed E-state index contributed by atoms with van der Waals surface area (Å²) in [4.78, 5) is 5.79. The zero-order valence-electron chi connectivity index (χ0n) is 10.4. The molecule has 0 aliphatic carbocycles. The molecule has 0 spiro atoms. The van der Waals surface area contributed by atoms with Gasteiger partial charge in [-0.1, -0.05) is 23.2 Å². The minimum atomic E-state index is 0.146. The van der Waals surface area contributed by atoms with Crippen molar-refractivity contribution >= 4 is 40.2 Å². The zero-order chi connectivity index (χ0) is 13.3. The minimum absolute atomic E-state index is 0.146. The Labute approximate surface area is 121 Å². The summed E-state index contributed by atoms with van der Waals surface area (Å²) in [5, 5.41) is 5.59. The fourth-order valence-corrected chi connectivity index (χ4v) is 3.06. The molecule has 0 aliphatic rings. The van der Waals surface area contributed by atoms with Crippen LogP contribution >= 0.6 is 34.5 Å². The third-order valence-corrected chi connectivity index (χ3v) is 4.29. The van der Waals surface area contributed by atoms with Crippen molar-refractivity contribution in [2.24, 2.45) is 0 Å². The topological polar surface area (TPSA) is 24.9 Å². The lowest BCUT2D eigenvalue weighted by atomic mass is 10.2. The van der Waals surface area contributed by atoms with Gasteiger partial charge in [0, 0.05) is 10.6 Å². The number of aromatic nitrogens is 1. The van der Waals surface area contributed by atoms with Crippen LogP contribution in [0.5, 0.6) is 0 Å². The van der Waals surface area contributed by atoms with E-state index >= 15 is 0 Å². The van der Waals surface area contributed by atoms with Crippen LogP contribution in [0.25, 0.3) is 0 Å². The van der Waals surface area contributed by atoms with E-state index in [-0.39, 0.29) is 6.04 Å². The number of nitrogens with one attached hydrogen (secondary N) is 1. The first-order valence-electron chi connectivity index (χ1n) is 5.63. The maximum absolute atomic E-state index is 5.99. The quantitative estimate of drug-likeness (QED) is 0.838. The maximum atomic E-state index is 5.99. The Balaban J connectivity index is 2.18. The first kappa shape index (κ1) is 13.7. The molecule has 2 rings (SSSR count). The number of rotatable bonds is 3. The van der Waals surface area contributed by atoms with Crippen LogP contribution in [-0.2, 0) is 0 Å². The van der Waals surface area contributed by atoms with Crippen LogP contribution in [0.3, 0.4) is 0 Å². The molecule has 0 aliphatic heterocycles. The average Bonchev–Trinajstić information content (AvgIpc) is 2.63. The zero-order valence-corrected chi connectivity index (χ0v) is 12.7. The molecule has 0 radical (unpaired) electrons. The predicted octanol–water partition coefficient (Wildman–Crippen LogP) is 5.24. The van der Waals surface area contributed by atoms with Crippen molar-refractivity contribution in [2.45, 2.75) is 26.8 Å². The SMILES string of the molecule is Cc1nc(C(C)Nc2ccc(Cl)c(Cl)c2)c(C)s1. The third-order valence-electron chi connectivity index (χ3n) is 2.65. The largest absolute Gasteiger partial charge is 0.377 e. The van der Waals surface area contributed by atoms with Crippen LogP contribution < -0.4 is 5.32 Å².